The molecular formula is C13H14FNOS. The average molecular weight is 251 g/mol. The quantitative estimate of drug-likeness (QED) is 0.909. The van der Waals surface area contributed by atoms with Crippen molar-refractivity contribution in [2.45, 2.75) is 26.4 Å². The zero-order valence-electron chi connectivity index (χ0n) is 9.77. The van der Waals surface area contributed by atoms with Gasteiger partial charge >= 0.3 is 0 Å². The average Bonchev–Trinajstić information content (AvgIpc) is 2.63. The topological polar surface area (TPSA) is 33.1 Å². The maximum absolute atomic E-state index is 13.6. The van der Waals surface area contributed by atoms with Gasteiger partial charge < -0.3 is 5.11 Å². The van der Waals surface area contributed by atoms with Crippen molar-refractivity contribution in [2.24, 2.45) is 0 Å². The van der Waals surface area contributed by atoms with Crippen molar-refractivity contribution in [1.82, 2.24) is 4.98 Å². The highest BCUT2D eigenvalue weighted by Crippen LogP contribution is 2.23. The van der Waals surface area contributed by atoms with Crippen LogP contribution in [0.25, 0.3) is 0 Å². The van der Waals surface area contributed by atoms with Crippen LogP contribution in [-0.2, 0) is 6.42 Å². The van der Waals surface area contributed by atoms with Crippen molar-refractivity contribution in [3.05, 3.63) is 51.2 Å². The number of aryl methyl sites for hydroxylation is 2. The van der Waals surface area contributed by atoms with E-state index in [9.17, 15) is 9.50 Å². The van der Waals surface area contributed by atoms with Crippen LogP contribution in [0, 0.1) is 19.7 Å². The first-order chi connectivity index (χ1) is 8.06. The zero-order chi connectivity index (χ0) is 12.4. The van der Waals surface area contributed by atoms with Crippen molar-refractivity contribution in [1.29, 1.82) is 0 Å². The largest absolute Gasteiger partial charge is 0.388 e. The summed E-state index contributed by atoms with van der Waals surface area (Å²) in [5, 5.41) is 12.7. The van der Waals surface area contributed by atoms with Gasteiger partial charge in [0, 0.05) is 23.1 Å². The van der Waals surface area contributed by atoms with Crippen molar-refractivity contribution < 1.29 is 9.50 Å². The van der Waals surface area contributed by atoms with E-state index in [1.165, 1.54) is 17.4 Å². The first-order valence-corrected chi connectivity index (χ1v) is 6.29. The number of benzene rings is 1. The van der Waals surface area contributed by atoms with E-state index in [0.29, 0.717) is 12.0 Å². The van der Waals surface area contributed by atoms with Crippen LogP contribution in [0.4, 0.5) is 4.39 Å². The molecule has 0 spiro atoms. The fourth-order valence-electron chi connectivity index (χ4n) is 1.67. The maximum atomic E-state index is 13.6. The molecule has 4 heteroatoms. The predicted molar refractivity (Wildman–Crippen MR) is 66.7 cm³/mol. The van der Waals surface area contributed by atoms with Crippen LogP contribution in [0.15, 0.2) is 23.6 Å². The molecule has 2 rings (SSSR count). The van der Waals surface area contributed by atoms with E-state index >= 15 is 0 Å². The van der Waals surface area contributed by atoms with Crippen LogP contribution in [0.1, 0.15) is 27.9 Å². The Morgan fingerprint density at radius 3 is 2.76 bits per heavy atom. The minimum absolute atomic E-state index is 0.337. The Morgan fingerprint density at radius 1 is 1.41 bits per heavy atom. The lowest BCUT2D eigenvalue weighted by Crippen LogP contribution is -2.04. The lowest BCUT2D eigenvalue weighted by atomic mass is 10.0. The van der Waals surface area contributed by atoms with E-state index < -0.39 is 6.10 Å². The summed E-state index contributed by atoms with van der Waals surface area (Å²) in [6, 6.07) is 4.87. The molecule has 0 saturated heterocycles. The molecule has 1 heterocycles. The number of thiazole rings is 1. The minimum Gasteiger partial charge on any atom is -0.388 e. The van der Waals surface area contributed by atoms with Gasteiger partial charge in [-0.15, -0.1) is 11.3 Å². The van der Waals surface area contributed by atoms with Gasteiger partial charge in [0.25, 0.3) is 0 Å². The Morgan fingerprint density at radius 2 is 2.18 bits per heavy atom. The number of nitrogens with zero attached hydrogens (tertiary/aromatic N) is 1. The summed E-state index contributed by atoms with van der Waals surface area (Å²) in [6.45, 7) is 3.72. The molecule has 17 heavy (non-hydrogen) atoms. The Kier molecular flexibility index (Phi) is 3.54. The molecule has 1 aromatic heterocycles. The molecule has 1 unspecified atom stereocenters. The van der Waals surface area contributed by atoms with E-state index in [0.717, 1.165) is 16.3 Å². The van der Waals surface area contributed by atoms with Crippen LogP contribution < -0.4 is 0 Å². The van der Waals surface area contributed by atoms with Crippen LogP contribution in [0.2, 0.25) is 0 Å². The predicted octanol–water partition coefficient (Wildman–Crippen LogP) is 3.18. The van der Waals surface area contributed by atoms with Crippen LogP contribution in [0.5, 0.6) is 0 Å². The highest BCUT2D eigenvalue weighted by molar-refractivity contribution is 7.09. The SMILES string of the molecule is Cc1ccc(C(O)Cc2nc(C)cs2)c(F)c1. The highest BCUT2D eigenvalue weighted by Gasteiger charge is 2.15. The van der Waals surface area contributed by atoms with Crippen LogP contribution in [0.3, 0.4) is 0 Å². The third-order valence-electron chi connectivity index (χ3n) is 2.55. The highest BCUT2D eigenvalue weighted by atomic mass is 32.1. The smallest absolute Gasteiger partial charge is 0.129 e. The van der Waals surface area contributed by atoms with E-state index in [1.54, 1.807) is 12.1 Å². The number of rotatable bonds is 3. The van der Waals surface area contributed by atoms with Crippen LogP contribution >= 0.6 is 11.3 Å². The number of hydrogen-bond acceptors (Lipinski definition) is 3. The van der Waals surface area contributed by atoms with Gasteiger partial charge in [0.15, 0.2) is 0 Å². The molecule has 0 radical (unpaired) electrons. The molecule has 2 nitrogen and oxygen atoms in total. The van der Waals surface area contributed by atoms with Gasteiger partial charge in [0.1, 0.15) is 5.82 Å². The summed E-state index contributed by atoms with van der Waals surface area (Å²) in [7, 11) is 0. The molecule has 0 aliphatic heterocycles. The molecule has 1 aromatic carbocycles. The molecular weight excluding hydrogens is 237 g/mol. The molecule has 1 N–H and O–H groups in total. The van der Waals surface area contributed by atoms with E-state index in [4.69, 9.17) is 0 Å². The molecule has 0 saturated carbocycles. The standard InChI is InChI=1S/C13H14FNOS/c1-8-3-4-10(11(14)5-8)12(16)6-13-15-9(2)7-17-13/h3-5,7,12,16H,6H2,1-2H3. The second kappa shape index (κ2) is 4.94. The van der Waals surface area contributed by atoms with Gasteiger partial charge in [-0.25, -0.2) is 9.37 Å². The second-order valence-electron chi connectivity index (χ2n) is 4.13. The number of aliphatic hydroxyl groups excluding tert-OH is 1. The Labute approximate surface area is 104 Å². The van der Waals surface area contributed by atoms with E-state index in [1.807, 2.05) is 19.2 Å². The molecule has 0 aliphatic rings. The minimum atomic E-state index is -0.832. The van der Waals surface area contributed by atoms with Gasteiger partial charge in [-0.2, -0.15) is 0 Å². The molecule has 1 atom stereocenters. The molecule has 0 amide bonds. The van der Waals surface area contributed by atoms with E-state index in [-0.39, 0.29) is 5.82 Å². The van der Waals surface area contributed by atoms with Crippen molar-refractivity contribution in [3.8, 4) is 0 Å². The summed E-state index contributed by atoms with van der Waals surface area (Å²) in [6.07, 6.45) is -0.473. The van der Waals surface area contributed by atoms with Crippen molar-refractivity contribution in [2.75, 3.05) is 0 Å². The Balaban J connectivity index is 2.17. The van der Waals surface area contributed by atoms with E-state index in [2.05, 4.69) is 4.98 Å². The third-order valence-corrected chi connectivity index (χ3v) is 3.54. The number of hydrogen-bond donors (Lipinski definition) is 1. The molecule has 2 aromatic rings. The van der Waals surface area contributed by atoms with Gasteiger partial charge in [0.05, 0.1) is 11.1 Å². The third kappa shape index (κ3) is 2.90. The number of aliphatic hydroxyl groups is 1. The fraction of sp³-hybridized carbons (Fsp3) is 0.308. The number of aromatic nitrogens is 1. The van der Waals surface area contributed by atoms with Gasteiger partial charge in [0.2, 0.25) is 0 Å². The summed E-state index contributed by atoms with van der Waals surface area (Å²) >= 11 is 1.49. The maximum Gasteiger partial charge on any atom is 0.129 e. The lowest BCUT2D eigenvalue weighted by molar-refractivity contribution is 0.173. The summed E-state index contributed by atoms with van der Waals surface area (Å²) < 4.78 is 13.6. The number of halogens is 1. The zero-order valence-corrected chi connectivity index (χ0v) is 10.6. The fourth-order valence-corrected chi connectivity index (χ4v) is 2.48. The monoisotopic (exact) mass is 251 g/mol. The molecule has 0 bridgehead atoms. The summed E-state index contributed by atoms with van der Waals surface area (Å²) in [4.78, 5) is 4.26. The summed E-state index contributed by atoms with van der Waals surface area (Å²) in [5.74, 6) is -0.356. The Bertz CT molecular complexity index is 524. The first-order valence-electron chi connectivity index (χ1n) is 5.41. The van der Waals surface area contributed by atoms with Crippen LogP contribution in [-0.4, -0.2) is 10.1 Å². The summed E-state index contributed by atoms with van der Waals surface area (Å²) in [5.41, 5.74) is 2.12. The van der Waals surface area contributed by atoms with Crippen molar-refractivity contribution in [3.63, 3.8) is 0 Å². The van der Waals surface area contributed by atoms with Gasteiger partial charge in [-0.05, 0) is 25.5 Å². The van der Waals surface area contributed by atoms with Crippen molar-refractivity contribution >= 4 is 11.3 Å². The van der Waals surface area contributed by atoms with Gasteiger partial charge in [-0.3, -0.25) is 0 Å². The molecule has 0 aliphatic carbocycles. The second-order valence-corrected chi connectivity index (χ2v) is 5.07. The first kappa shape index (κ1) is 12.2. The van der Waals surface area contributed by atoms with Gasteiger partial charge in [-0.1, -0.05) is 12.1 Å². The normalized spacial score (nSPS) is 12.7. The Hall–Kier alpha value is -1.26. The molecule has 0 fully saturated rings. The molecule has 90 valence electrons. The lowest BCUT2D eigenvalue weighted by Gasteiger charge is -2.10.